The minimum absolute atomic E-state index is 0. The predicted molar refractivity (Wildman–Crippen MR) is 113 cm³/mol. The summed E-state index contributed by atoms with van der Waals surface area (Å²) in [6, 6.07) is 8.00. The van der Waals surface area contributed by atoms with Gasteiger partial charge in [-0.25, -0.2) is 0 Å². The van der Waals surface area contributed by atoms with Gasteiger partial charge in [0, 0.05) is 11.9 Å². The molecule has 0 aliphatic heterocycles. The Bertz CT molecular complexity index is 681. The van der Waals surface area contributed by atoms with Gasteiger partial charge < -0.3 is 19.8 Å². The topological polar surface area (TPSA) is 124 Å². The summed E-state index contributed by atoms with van der Waals surface area (Å²) in [5.41, 5.74) is 0. The van der Waals surface area contributed by atoms with Gasteiger partial charge in [-0.2, -0.15) is 8.42 Å². The van der Waals surface area contributed by atoms with Crippen LogP contribution in [0.1, 0.15) is 52.4 Å². The van der Waals surface area contributed by atoms with Crippen molar-refractivity contribution < 1.29 is 91.5 Å². The number of carbonyl (C=O) groups excluding carboxylic acids is 2. The fraction of sp³-hybridized carbons (Fsp3) is 0.524. The summed E-state index contributed by atoms with van der Waals surface area (Å²) in [4.78, 5) is 19.2. The maximum Gasteiger partial charge on any atom is 1.00 e. The Morgan fingerprint density at radius 2 is 1.59 bits per heavy atom. The van der Waals surface area contributed by atoms with Crippen LogP contribution >= 0.6 is 0 Å². The van der Waals surface area contributed by atoms with Gasteiger partial charge in [0.1, 0.15) is 0 Å². The summed E-state index contributed by atoms with van der Waals surface area (Å²) >= 11 is 1.40. The van der Waals surface area contributed by atoms with Gasteiger partial charge in [0.2, 0.25) is 0 Å². The number of hydrogen-bond acceptors (Lipinski definition) is 7. The predicted octanol–water partition coefficient (Wildman–Crippen LogP) is -4.36. The first-order chi connectivity index (χ1) is 14.1. The average Bonchev–Trinajstić information content (AvgIpc) is 2.73. The van der Waals surface area contributed by atoms with Crippen LogP contribution in [0.5, 0.6) is 0 Å². The average molecular weight is 497 g/mol. The Morgan fingerprint density at radius 3 is 1.94 bits per heavy atom. The van der Waals surface area contributed by atoms with Crippen molar-refractivity contribution in [2.75, 3.05) is 6.61 Å². The maximum absolute atomic E-state index is 11.3. The van der Waals surface area contributed by atoms with Crippen molar-refractivity contribution in [3.63, 3.8) is 0 Å². The first-order valence-electron chi connectivity index (χ1n) is 10.1. The van der Waals surface area contributed by atoms with E-state index in [4.69, 9.17) is 0 Å². The van der Waals surface area contributed by atoms with E-state index >= 15 is 0 Å². The Hall–Kier alpha value is 0.810. The number of aliphatic carboxylic acids is 2. The molecule has 0 fully saturated rings. The van der Waals surface area contributed by atoms with Gasteiger partial charge in [0.05, 0.1) is 11.5 Å². The summed E-state index contributed by atoms with van der Waals surface area (Å²) in [5, 5.41) is 19.0. The molecule has 0 aliphatic rings. The molecule has 0 radical (unpaired) electrons. The van der Waals surface area contributed by atoms with Crippen molar-refractivity contribution in [2.24, 2.45) is 5.92 Å². The molecule has 1 aromatic carbocycles. The molecule has 0 amide bonds. The SMILES string of the molecule is C=CCOS(=O)(=O)c1ccccc1.CCCCC(CC)[CH2][Na].O=C([O-])CCC(=O)[O-].[Na+].[Na+]. The molecule has 0 bridgehead atoms. The Morgan fingerprint density at radius 1 is 1.09 bits per heavy atom. The van der Waals surface area contributed by atoms with E-state index in [1.54, 1.807) is 18.2 Å². The molecular weight excluding hydrogens is 465 g/mol. The first kappa shape index (κ1) is 40.0. The Kier molecular flexibility index (Phi) is 33.0. The molecule has 7 nitrogen and oxygen atoms in total. The zero-order chi connectivity index (χ0) is 23.4. The molecular formula is C21H31Na3O7S. The van der Waals surface area contributed by atoms with Gasteiger partial charge in [-0.05, 0) is 25.0 Å². The van der Waals surface area contributed by atoms with Crippen molar-refractivity contribution in [3.8, 4) is 0 Å². The maximum atomic E-state index is 11.3. The number of hydrogen-bond donors (Lipinski definition) is 0. The second-order valence-corrected chi connectivity index (χ2v) is 8.84. The number of benzene rings is 1. The Balaban J connectivity index is -0.000000185. The summed E-state index contributed by atoms with van der Waals surface area (Å²) in [7, 11) is -3.59. The van der Waals surface area contributed by atoms with E-state index in [0.29, 0.717) is 0 Å². The van der Waals surface area contributed by atoms with Gasteiger partial charge in [0.25, 0.3) is 10.1 Å². The van der Waals surface area contributed by atoms with Crippen LogP contribution in [0.3, 0.4) is 0 Å². The van der Waals surface area contributed by atoms with E-state index in [9.17, 15) is 28.2 Å². The van der Waals surface area contributed by atoms with Crippen LogP contribution in [0.2, 0.25) is 3.67 Å². The third-order valence-corrected chi connectivity index (χ3v) is 6.48. The molecule has 0 N–H and O–H groups in total. The van der Waals surface area contributed by atoms with Crippen LogP contribution in [-0.2, 0) is 23.9 Å². The van der Waals surface area contributed by atoms with Crippen LogP contribution in [0.4, 0.5) is 0 Å². The second kappa shape index (κ2) is 26.4. The first-order valence-corrected chi connectivity index (χ1v) is 12.9. The molecule has 1 atom stereocenters. The number of rotatable bonds is 12. The van der Waals surface area contributed by atoms with Crippen LogP contribution in [0.15, 0.2) is 47.9 Å². The fourth-order valence-corrected chi connectivity index (χ4v) is 4.07. The van der Waals surface area contributed by atoms with E-state index in [-0.39, 0.29) is 70.6 Å². The molecule has 1 rings (SSSR count). The number of carboxylic acid groups (broad SMARTS) is 2. The third-order valence-electron chi connectivity index (χ3n) is 4.03. The zero-order valence-electron chi connectivity index (χ0n) is 20.2. The smallest absolute Gasteiger partial charge is 0.550 e. The normalized spacial score (nSPS) is 10.5. The van der Waals surface area contributed by atoms with Crippen molar-refractivity contribution in [1.29, 1.82) is 0 Å². The van der Waals surface area contributed by atoms with Crippen LogP contribution in [0.25, 0.3) is 0 Å². The van der Waals surface area contributed by atoms with Crippen molar-refractivity contribution in [3.05, 3.63) is 43.0 Å². The molecule has 0 aliphatic carbocycles. The number of carbonyl (C=O) groups is 2. The summed E-state index contributed by atoms with van der Waals surface area (Å²) < 4.78 is 28.8. The minimum Gasteiger partial charge on any atom is -0.550 e. The summed E-state index contributed by atoms with van der Waals surface area (Å²) in [6.07, 6.45) is 6.16. The fourth-order valence-electron chi connectivity index (χ4n) is 2.19. The van der Waals surface area contributed by atoms with Gasteiger partial charge in [-0.3, -0.25) is 4.18 Å². The van der Waals surface area contributed by atoms with Gasteiger partial charge in [-0.1, -0.05) is 24.3 Å². The molecule has 0 saturated carbocycles. The molecule has 0 heterocycles. The molecule has 0 spiro atoms. The quantitative estimate of drug-likeness (QED) is 0.163. The molecule has 1 unspecified atom stereocenters. The zero-order valence-corrected chi connectivity index (χ0v) is 27.0. The number of carboxylic acids is 2. The molecule has 11 heteroatoms. The van der Waals surface area contributed by atoms with Crippen LogP contribution in [-0.4, -0.2) is 54.9 Å². The van der Waals surface area contributed by atoms with Crippen molar-refractivity contribution in [1.82, 2.24) is 0 Å². The number of unbranched alkanes of at least 4 members (excludes halogenated alkanes) is 1. The molecule has 0 aromatic heterocycles. The Labute approximate surface area is 254 Å². The van der Waals surface area contributed by atoms with Crippen molar-refractivity contribution in [2.45, 2.75) is 60.9 Å². The minimum atomic E-state index is -3.59. The van der Waals surface area contributed by atoms with E-state index < -0.39 is 34.9 Å². The van der Waals surface area contributed by atoms with E-state index in [1.165, 1.54) is 75.5 Å². The monoisotopic (exact) mass is 496 g/mol. The molecule has 166 valence electrons. The standard InChI is InChI=1S/C9H10O3S.C8H17.C4H6O4.3Na/c1-2-8-12-13(10,11)9-6-4-3-5-7-9;1-4-6-7-8(3)5-2;5-3(6)1-2-4(7)8;;;/h2-7H,1,8H2;8H,3-7H2,1-2H3;1-2H2,(H,5,6)(H,7,8);;;/q;;;;2*+1/p-2. The summed E-state index contributed by atoms with van der Waals surface area (Å²) in [5.74, 6) is -1.67. The van der Waals surface area contributed by atoms with E-state index in [0.717, 1.165) is 5.92 Å². The van der Waals surface area contributed by atoms with Crippen LogP contribution < -0.4 is 69.3 Å². The van der Waals surface area contributed by atoms with E-state index in [2.05, 4.69) is 24.6 Å². The summed E-state index contributed by atoms with van der Waals surface area (Å²) in [6.45, 7) is 7.96. The van der Waals surface area contributed by atoms with Crippen LogP contribution in [0, 0.1) is 5.92 Å². The molecule has 0 saturated heterocycles. The van der Waals surface area contributed by atoms with Gasteiger partial charge in [0.15, 0.2) is 0 Å². The van der Waals surface area contributed by atoms with Gasteiger partial charge >= 0.3 is 136 Å². The second-order valence-electron chi connectivity index (χ2n) is 6.41. The van der Waals surface area contributed by atoms with Crippen molar-refractivity contribution >= 4 is 50.0 Å². The third kappa shape index (κ3) is 25.4. The molecule has 32 heavy (non-hydrogen) atoms. The molecule has 1 aromatic rings. The van der Waals surface area contributed by atoms with Gasteiger partial charge in [-0.15, -0.1) is 6.58 Å². The largest absolute Gasteiger partial charge is 1.00 e. The van der Waals surface area contributed by atoms with E-state index in [1.807, 2.05) is 0 Å².